The molecule has 0 radical (unpaired) electrons. The fourth-order valence-electron chi connectivity index (χ4n) is 1.70. The minimum atomic E-state index is -0.441. The Balaban J connectivity index is 2.73. The molecule has 1 unspecified atom stereocenters. The molecule has 0 amide bonds. The van der Waals surface area contributed by atoms with Crippen LogP contribution in [-0.2, 0) is 14.3 Å². The summed E-state index contributed by atoms with van der Waals surface area (Å²) in [7, 11) is 0. The minimum Gasteiger partial charge on any atom is -0.381 e. The van der Waals surface area contributed by atoms with Gasteiger partial charge in [0.05, 0.1) is 17.6 Å². The molecule has 1 atom stereocenters. The van der Waals surface area contributed by atoms with Crippen molar-refractivity contribution in [1.82, 2.24) is 0 Å². The minimum absolute atomic E-state index is 0.385. The highest BCUT2D eigenvalue weighted by Gasteiger charge is 2.50. The highest BCUT2D eigenvalue weighted by Crippen LogP contribution is 2.41. The molecule has 0 aliphatic carbocycles. The molecule has 76 valence electrons. The Labute approximate surface area is 79.4 Å². The molecule has 1 saturated heterocycles. The maximum absolute atomic E-state index is 11.1. The summed E-state index contributed by atoms with van der Waals surface area (Å²) < 4.78 is 10.9. The average molecular weight is 186 g/mol. The average Bonchev–Trinajstić information content (AvgIpc) is 2.38. The molecule has 1 heterocycles. The molecular formula is C10H18O3. The van der Waals surface area contributed by atoms with Gasteiger partial charge in [-0.15, -0.1) is 0 Å². The molecule has 0 aromatic heterocycles. The zero-order valence-electron chi connectivity index (χ0n) is 8.63. The number of hydrogen-bond donors (Lipinski definition) is 0. The third-order valence-corrected chi connectivity index (χ3v) is 3.00. The van der Waals surface area contributed by atoms with Gasteiger partial charge < -0.3 is 14.3 Å². The Morgan fingerprint density at radius 2 is 2.23 bits per heavy atom. The van der Waals surface area contributed by atoms with E-state index in [1.165, 1.54) is 0 Å². The molecule has 0 aromatic carbocycles. The third-order valence-electron chi connectivity index (χ3n) is 3.00. The lowest BCUT2D eigenvalue weighted by molar-refractivity contribution is -0.131. The fourth-order valence-corrected chi connectivity index (χ4v) is 1.70. The molecule has 13 heavy (non-hydrogen) atoms. The number of carbonyl (C=O) groups is 1. The van der Waals surface area contributed by atoms with Gasteiger partial charge in [0.15, 0.2) is 0 Å². The normalized spacial score (nSPS) is 31.9. The predicted octanol–water partition coefficient (Wildman–Crippen LogP) is 1.41. The smallest absolute Gasteiger partial charge is 0.131 e. The van der Waals surface area contributed by atoms with Crippen molar-refractivity contribution in [3.8, 4) is 0 Å². The van der Waals surface area contributed by atoms with Gasteiger partial charge >= 0.3 is 0 Å². The number of aldehydes is 1. The first-order valence-corrected chi connectivity index (χ1v) is 4.76. The molecule has 1 fully saturated rings. The molecule has 0 saturated carbocycles. The van der Waals surface area contributed by atoms with Crippen molar-refractivity contribution in [1.29, 1.82) is 0 Å². The van der Waals surface area contributed by atoms with Crippen LogP contribution in [0.25, 0.3) is 0 Å². The Morgan fingerprint density at radius 1 is 1.54 bits per heavy atom. The monoisotopic (exact) mass is 186 g/mol. The lowest BCUT2D eigenvalue weighted by Gasteiger charge is -2.34. The van der Waals surface area contributed by atoms with Crippen LogP contribution in [0.1, 0.15) is 27.2 Å². The topological polar surface area (TPSA) is 35.5 Å². The van der Waals surface area contributed by atoms with Crippen molar-refractivity contribution in [2.24, 2.45) is 5.41 Å². The van der Waals surface area contributed by atoms with E-state index in [0.717, 1.165) is 12.7 Å². The summed E-state index contributed by atoms with van der Waals surface area (Å²) in [6, 6.07) is 0. The van der Waals surface area contributed by atoms with Crippen LogP contribution in [0.3, 0.4) is 0 Å². The van der Waals surface area contributed by atoms with Gasteiger partial charge in [0, 0.05) is 13.2 Å². The second kappa shape index (κ2) is 3.76. The highest BCUT2D eigenvalue weighted by molar-refractivity contribution is 5.62. The van der Waals surface area contributed by atoms with Crippen molar-refractivity contribution < 1.29 is 14.3 Å². The molecule has 0 bridgehead atoms. The van der Waals surface area contributed by atoms with Crippen molar-refractivity contribution >= 4 is 6.29 Å². The van der Waals surface area contributed by atoms with E-state index in [4.69, 9.17) is 9.47 Å². The second-order valence-electron chi connectivity index (χ2n) is 4.02. The van der Waals surface area contributed by atoms with Crippen LogP contribution in [-0.4, -0.2) is 31.7 Å². The summed E-state index contributed by atoms with van der Waals surface area (Å²) in [5, 5.41) is 0. The lowest BCUT2D eigenvalue weighted by Crippen LogP contribution is -2.44. The van der Waals surface area contributed by atoms with Crippen molar-refractivity contribution in [2.75, 3.05) is 19.8 Å². The quantitative estimate of drug-likeness (QED) is 0.623. The Hall–Kier alpha value is -0.410. The van der Waals surface area contributed by atoms with Gasteiger partial charge in [0.2, 0.25) is 0 Å². The van der Waals surface area contributed by atoms with Crippen LogP contribution in [0, 0.1) is 5.41 Å². The molecule has 1 rings (SSSR count). The van der Waals surface area contributed by atoms with Crippen LogP contribution >= 0.6 is 0 Å². The van der Waals surface area contributed by atoms with E-state index in [9.17, 15) is 4.79 Å². The van der Waals surface area contributed by atoms with Gasteiger partial charge in [-0.05, 0) is 27.2 Å². The second-order valence-corrected chi connectivity index (χ2v) is 4.02. The Morgan fingerprint density at radius 3 is 2.62 bits per heavy atom. The van der Waals surface area contributed by atoms with Gasteiger partial charge in [-0.25, -0.2) is 0 Å². The molecule has 3 nitrogen and oxygen atoms in total. The predicted molar refractivity (Wildman–Crippen MR) is 49.6 cm³/mol. The number of rotatable bonds is 4. The summed E-state index contributed by atoms with van der Waals surface area (Å²) in [6.45, 7) is 7.60. The van der Waals surface area contributed by atoms with E-state index in [2.05, 4.69) is 0 Å². The van der Waals surface area contributed by atoms with E-state index in [1.807, 2.05) is 20.8 Å². The third kappa shape index (κ3) is 1.76. The number of hydrogen-bond acceptors (Lipinski definition) is 3. The maximum Gasteiger partial charge on any atom is 0.131 e. The highest BCUT2D eigenvalue weighted by atomic mass is 16.5. The van der Waals surface area contributed by atoms with E-state index in [-0.39, 0.29) is 5.60 Å². The molecule has 0 N–H and O–H groups in total. The van der Waals surface area contributed by atoms with E-state index in [0.29, 0.717) is 19.8 Å². The summed E-state index contributed by atoms with van der Waals surface area (Å²) in [6.07, 6.45) is 1.76. The standard InChI is InChI=1S/C10H18O3/c1-4-12-8-10(7-11)5-6-13-9(10,2)3/h7H,4-6,8H2,1-3H3. The van der Waals surface area contributed by atoms with Crippen molar-refractivity contribution in [3.63, 3.8) is 0 Å². The Bertz CT molecular complexity index is 189. The van der Waals surface area contributed by atoms with Crippen LogP contribution in [0.2, 0.25) is 0 Å². The first-order chi connectivity index (χ1) is 6.08. The van der Waals surface area contributed by atoms with Gasteiger partial charge in [-0.1, -0.05) is 0 Å². The summed E-state index contributed by atoms with van der Waals surface area (Å²) in [5.41, 5.74) is -0.826. The molecule has 1 aliphatic heterocycles. The van der Waals surface area contributed by atoms with Gasteiger partial charge in [0.1, 0.15) is 6.29 Å². The van der Waals surface area contributed by atoms with E-state index >= 15 is 0 Å². The Kier molecular flexibility index (Phi) is 3.09. The SMILES string of the molecule is CCOCC1(C=O)CCOC1(C)C. The molecule has 0 spiro atoms. The van der Waals surface area contributed by atoms with Gasteiger partial charge in [-0.2, -0.15) is 0 Å². The zero-order valence-corrected chi connectivity index (χ0v) is 8.63. The van der Waals surface area contributed by atoms with Crippen LogP contribution < -0.4 is 0 Å². The van der Waals surface area contributed by atoms with Gasteiger partial charge in [-0.3, -0.25) is 0 Å². The van der Waals surface area contributed by atoms with E-state index < -0.39 is 5.41 Å². The van der Waals surface area contributed by atoms with Gasteiger partial charge in [0.25, 0.3) is 0 Å². The molecule has 1 aliphatic rings. The number of carbonyl (C=O) groups excluding carboxylic acids is 1. The number of ether oxygens (including phenoxy) is 2. The molecule has 3 heteroatoms. The molecule has 0 aromatic rings. The first kappa shape index (κ1) is 10.7. The first-order valence-electron chi connectivity index (χ1n) is 4.76. The van der Waals surface area contributed by atoms with E-state index in [1.54, 1.807) is 0 Å². The van der Waals surface area contributed by atoms with Crippen LogP contribution in [0.15, 0.2) is 0 Å². The lowest BCUT2D eigenvalue weighted by atomic mass is 9.75. The van der Waals surface area contributed by atoms with Crippen molar-refractivity contribution in [3.05, 3.63) is 0 Å². The maximum atomic E-state index is 11.1. The largest absolute Gasteiger partial charge is 0.381 e. The fraction of sp³-hybridized carbons (Fsp3) is 0.900. The summed E-state index contributed by atoms with van der Waals surface area (Å²) in [5.74, 6) is 0. The summed E-state index contributed by atoms with van der Waals surface area (Å²) >= 11 is 0. The summed E-state index contributed by atoms with van der Waals surface area (Å²) in [4.78, 5) is 11.1. The van der Waals surface area contributed by atoms with Crippen molar-refractivity contribution in [2.45, 2.75) is 32.8 Å². The molecular weight excluding hydrogens is 168 g/mol. The van der Waals surface area contributed by atoms with Crippen LogP contribution in [0.5, 0.6) is 0 Å². The van der Waals surface area contributed by atoms with Crippen LogP contribution in [0.4, 0.5) is 0 Å². The zero-order chi connectivity index (χ0) is 9.95.